The first-order chi connectivity index (χ1) is 11.5. The van der Waals surface area contributed by atoms with E-state index in [2.05, 4.69) is 33.1 Å². The van der Waals surface area contributed by atoms with Crippen molar-refractivity contribution in [2.45, 2.75) is 6.92 Å². The van der Waals surface area contributed by atoms with Crippen LogP contribution in [0.4, 0.5) is 0 Å². The maximum Gasteiger partial charge on any atom is 0.271 e. The fourth-order valence-electron chi connectivity index (χ4n) is 1.93. The lowest BCUT2D eigenvalue weighted by Gasteiger charge is -2.11. The first-order valence-electron chi connectivity index (χ1n) is 7.14. The van der Waals surface area contributed by atoms with Crippen molar-refractivity contribution in [3.8, 4) is 11.5 Å². The summed E-state index contributed by atoms with van der Waals surface area (Å²) in [6.45, 7) is 2.35. The van der Waals surface area contributed by atoms with E-state index in [-0.39, 0.29) is 5.91 Å². The van der Waals surface area contributed by atoms with Gasteiger partial charge in [0.2, 0.25) is 0 Å². The van der Waals surface area contributed by atoms with Crippen molar-refractivity contribution in [3.63, 3.8) is 0 Å². The first kappa shape index (κ1) is 18.5. The largest absolute Gasteiger partial charge is 0.493 e. The predicted octanol–water partition coefficient (Wildman–Crippen LogP) is 4.12. The molecule has 1 amide bonds. The van der Waals surface area contributed by atoms with E-state index in [1.54, 1.807) is 24.3 Å². The molecule has 0 saturated heterocycles. The van der Waals surface area contributed by atoms with E-state index in [0.29, 0.717) is 34.3 Å². The second kappa shape index (κ2) is 8.89. The standard InChI is InChI=1S/C17H16ClIN2O3/c1-3-24-16-14(18)8-11(9-15(16)23-2)10-20-21-17(22)12-4-6-13(19)7-5-12/h4-10H,3H2,1-2H3,(H,21,22)/b20-10-. The number of benzene rings is 2. The molecule has 0 unspecified atom stereocenters. The van der Waals surface area contributed by atoms with Gasteiger partial charge in [-0.1, -0.05) is 11.6 Å². The highest BCUT2D eigenvalue weighted by Gasteiger charge is 2.11. The van der Waals surface area contributed by atoms with Crippen LogP contribution in [0.2, 0.25) is 5.02 Å². The van der Waals surface area contributed by atoms with Crippen LogP contribution in [0.15, 0.2) is 41.5 Å². The predicted molar refractivity (Wildman–Crippen MR) is 103 cm³/mol. The molecule has 126 valence electrons. The highest BCUT2D eigenvalue weighted by molar-refractivity contribution is 14.1. The Balaban J connectivity index is 2.10. The second-order valence-corrected chi connectivity index (χ2v) is 6.33. The van der Waals surface area contributed by atoms with E-state index in [9.17, 15) is 4.79 Å². The van der Waals surface area contributed by atoms with Gasteiger partial charge in [-0.3, -0.25) is 4.79 Å². The Bertz CT molecular complexity index is 748. The Hall–Kier alpha value is -1.80. The quantitative estimate of drug-likeness (QED) is 0.402. The molecule has 7 heteroatoms. The smallest absolute Gasteiger partial charge is 0.271 e. The summed E-state index contributed by atoms with van der Waals surface area (Å²) in [6.07, 6.45) is 1.49. The number of rotatable bonds is 6. The van der Waals surface area contributed by atoms with Gasteiger partial charge in [-0.25, -0.2) is 5.43 Å². The maximum atomic E-state index is 12.0. The number of methoxy groups -OCH3 is 1. The van der Waals surface area contributed by atoms with Crippen molar-refractivity contribution in [3.05, 3.63) is 56.1 Å². The minimum atomic E-state index is -0.286. The Kier molecular flexibility index (Phi) is 6.86. The maximum absolute atomic E-state index is 12.0. The van der Waals surface area contributed by atoms with Crippen LogP contribution in [0.25, 0.3) is 0 Å². The van der Waals surface area contributed by atoms with E-state index in [4.69, 9.17) is 21.1 Å². The number of hydrogen-bond donors (Lipinski definition) is 1. The monoisotopic (exact) mass is 458 g/mol. The third kappa shape index (κ3) is 4.85. The normalized spacial score (nSPS) is 10.7. The van der Waals surface area contributed by atoms with Gasteiger partial charge in [0.25, 0.3) is 5.91 Å². The van der Waals surface area contributed by atoms with E-state index in [1.165, 1.54) is 13.3 Å². The summed E-state index contributed by atoms with van der Waals surface area (Å²) in [5.74, 6) is 0.711. The van der Waals surface area contributed by atoms with Gasteiger partial charge in [-0.15, -0.1) is 0 Å². The third-order valence-electron chi connectivity index (χ3n) is 3.03. The van der Waals surface area contributed by atoms with Crippen LogP contribution in [0.5, 0.6) is 11.5 Å². The molecule has 0 bridgehead atoms. The van der Waals surface area contributed by atoms with Gasteiger partial charge in [0, 0.05) is 9.13 Å². The van der Waals surface area contributed by atoms with Gasteiger partial charge in [-0.2, -0.15) is 5.10 Å². The van der Waals surface area contributed by atoms with Gasteiger partial charge >= 0.3 is 0 Å². The number of amides is 1. The number of ether oxygens (including phenoxy) is 2. The van der Waals surface area contributed by atoms with Crippen LogP contribution in [0.3, 0.4) is 0 Å². The fourth-order valence-corrected chi connectivity index (χ4v) is 2.56. The number of nitrogens with one attached hydrogen (secondary N) is 1. The summed E-state index contributed by atoms with van der Waals surface area (Å²) in [4.78, 5) is 12.0. The molecule has 0 aliphatic carbocycles. The lowest BCUT2D eigenvalue weighted by atomic mass is 10.2. The molecule has 2 aromatic rings. The lowest BCUT2D eigenvalue weighted by Crippen LogP contribution is -2.17. The molecule has 2 rings (SSSR count). The van der Waals surface area contributed by atoms with Crippen LogP contribution in [0.1, 0.15) is 22.8 Å². The molecule has 24 heavy (non-hydrogen) atoms. The Morgan fingerprint density at radius 1 is 1.33 bits per heavy atom. The molecular weight excluding hydrogens is 443 g/mol. The van der Waals surface area contributed by atoms with Gasteiger partial charge in [0.15, 0.2) is 11.5 Å². The molecule has 0 saturated carbocycles. The highest BCUT2D eigenvalue weighted by Crippen LogP contribution is 2.35. The first-order valence-corrected chi connectivity index (χ1v) is 8.60. The highest BCUT2D eigenvalue weighted by atomic mass is 127. The fraction of sp³-hybridized carbons (Fsp3) is 0.176. The molecule has 0 aliphatic rings. The van der Waals surface area contributed by atoms with Crippen molar-refractivity contribution in [1.29, 1.82) is 0 Å². The van der Waals surface area contributed by atoms with Gasteiger partial charge in [0.05, 0.1) is 25.0 Å². The molecule has 0 fully saturated rings. The van der Waals surface area contributed by atoms with Crippen molar-refractivity contribution in [2.75, 3.05) is 13.7 Å². The van der Waals surface area contributed by atoms with Crippen molar-refractivity contribution < 1.29 is 14.3 Å². The van der Waals surface area contributed by atoms with Gasteiger partial charge in [0.1, 0.15) is 0 Å². The molecule has 0 spiro atoms. The second-order valence-electron chi connectivity index (χ2n) is 4.67. The molecule has 5 nitrogen and oxygen atoms in total. The van der Waals surface area contributed by atoms with Crippen LogP contribution in [-0.4, -0.2) is 25.8 Å². The molecule has 0 radical (unpaired) electrons. The molecule has 1 N–H and O–H groups in total. The van der Waals surface area contributed by atoms with Crippen LogP contribution in [0, 0.1) is 3.57 Å². The van der Waals surface area contributed by atoms with E-state index in [0.717, 1.165) is 3.57 Å². The Morgan fingerprint density at radius 2 is 2.04 bits per heavy atom. The molecular formula is C17H16ClIN2O3. The molecule has 0 atom stereocenters. The summed E-state index contributed by atoms with van der Waals surface area (Å²) in [7, 11) is 1.54. The molecule has 0 aromatic heterocycles. The van der Waals surface area contributed by atoms with Crippen molar-refractivity contribution >= 4 is 46.3 Å². The minimum Gasteiger partial charge on any atom is -0.493 e. The average molecular weight is 459 g/mol. The van der Waals surface area contributed by atoms with Crippen LogP contribution in [-0.2, 0) is 0 Å². The average Bonchev–Trinajstić information content (AvgIpc) is 2.57. The summed E-state index contributed by atoms with van der Waals surface area (Å²) < 4.78 is 11.8. The van der Waals surface area contributed by atoms with E-state index in [1.807, 2.05) is 19.1 Å². The lowest BCUT2D eigenvalue weighted by molar-refractivity contribution is 0.0955. The molecule has 0 heterocycles. The number of carbonyl (C=O) groups excluding carboxylic acids is 1. The molecule has 2 aromatic carbocycles. The zero-order valence-corrected chi connectivity index (χ0v) is 16.1. The molecule has 0 aliphatic heterocycles. The van der Waals surface area contributed by atoms with Crippen LogP contribution < -0.4 is 14.9 Å². The summed E-state index contributed by atoms with van der Waals surface area (Å²) in [5.41, 5.74) is 3.70. The summed E-state index contributed by atoms with van der Waals surface area (Å²) in [6, 6.07) is 10.6. The third-order valence-corrected chi connectivity index (χ3v) is 4.03. The topological polar surface area (TPSA) is 59.9 Å². The zero-order valence-electron chi connectivity index (χ0n) is 13.2. The SMILES string of the molecule is CCOc1c(Cl)cc(/C=N\NC(=O)c2ccc(I)cc2)cc1OC. The number of halogens is 2. The van der Waals surface area contributed by atoms with Crippen LogP contribution >= 0.6 is 34.2 Å². The number of hydrazone groups is 1. The number of nitrogens with zero attached hydrogens (tertiary/aromatic N) is 1. The van der Waals surface area contributed by atoms with Gasteiger partial charge in [-0.05, 0) is 71.5 Å². The van der Waals surface area contributed by atoms with Crippen molar-refractivity contribution in [2.24, 2.45) is 5.10 Å². The summed E-state index contributed by atoms with van der Waals surface area (Å²) >= 11 is 8.37. The Labute approximate surface area is 159 Å². The van der Waals surface area contributed by atoms with E-state index >= 15 is 0 Å². The van der Waals surface area contributed by atoms with Gasteiger partial charge < -0.3 is 9.47 Å². The Morgan fingerprint density at radius 3 is 2.67 bits per heavy atom. The zero-order chi connectivity index (χ0) is 17.5. The number of hydrogen-bond acceptors (Lipinski definition) is 4. The minimum absolute atomic E-state index is 0.286. The van der Waals surface area contributed by atoms with E-state index < -0.39 is 0 Å². The van der Waals surface area contributed by atoms with Crippen molar-refractivity contribution in [1.82, 2.24) is 5.43 Å². The number of carbonyl (C=O) groups is 1. The summed E-state index contributed by atoms with van der Waals surface area (Å²) in [5, 5.41) is 4.37.